The van der Waals surface area contributed by atoms with Crippen molar-refractivity contribution in [3.05, 3.63) is 12.2 Å². The molecule has 0 aliphatic carbocycles. The van der Waals surface area contributed by atoms with Crippen LogP contribution in [0.2, 0.25) is 0 Å². The zero-order valence-corrected chi connectivity index (χ0v) is 8.06. The first-order chi connectivity index (χ1) is 6.65. The minimum Gasteiger partial charge on any atom is -0.480 e. The van der Waals surface area contributed by atoms with Gasteiger partial charge in [0.05, 0.1) is 6.54 Å². The highest BCUT2D eigenvalue weighted by molar-refractivity contribution is 5.83. The van der Waals surface area contributed by atoms with Crippen LogP contribution in [0.1, 0.15) is 6.92 Å². The highest BCUT2D eigenvalue weighted by Crippen LogP contribution is 2.04. The van der Waals surface area contributed by atoms with Crippen LogP contribution in [-0.2, 0) is 9.59 Å². The molecule has 0 aromatic heterocycles. The number of hydrogen-bond acceptors (Lipinski definition) is 3. The molecule has 0 aromatic rings. The first kappa shape index (κ1) is 10.7. The molecular formula is C9H14N2O3. The second-order valence-corrected chi connectivity index (χ2v) is 3.16. The molecule has 0 saturated carbocycles. The Balaban J connectivity index is 2.63. The topological polar surface area (TPSA) is 69.6 Å². The van der Waals surface area contributed by atoms with E-state index in [0.717, 1.165) is 0 Å². The van der Waals surface area contributed by atoms with Crippen molar-refractivity contribution >= 4 is 11.9 Å². The van der Waals surface area contributed by atoms with Crippen LogP contribution < -0.4 is 5.32 Å². The third kappa shape index (κ3) is 2.56. The van der Waals surface area contributed by atoms with Crippen LogP contribution >= 0.6 is 0 Å². The Morgan fingerprint density at radius 3 is 3.07 bits per heavy atom. The van der Waals surface area contributed by atoms with Gasteiger partial charge in [0.2, 0.25) is 5.91 Å². The molecule has 1 unspecified atom stereocenters. The van der Waals surface area contributed by atoms with Gasteiger partial charge in [0, 0.05) is 13.1 Å². The van der Waals surface area contributed by atoms with E-state index in [9.17, 15) is 9.59 Å². The summed E-state index contributed by atoms with van der Waals surface area (Å²) in [5, 5.41) is 11.4. The Labute approximate surface area is 82.4 Å². The van der Waals surface area contributed by atoms with Crippen LogP contribution in [0.4, 0.5) is 0 Å². The maximum Gasteiger partial charge on any atom is 0.322 e. The summed E-state index contributed by atoms with van der Waals surface area (Å²) >= 11 is 0. The van der Waals surface area contributed by atoms with Gasteiger partial charge in [0.1, 0.15) is 6.04 Å². The Morgan fingerprint density at radius 1 is 1.79 bits per heavy atom. The molecule has 5 heteroatoms. The van der Waals surface area contributed by atoms with Gasteiger partial charge < -0.3 is 10.4 Å². The largest absolute Gasteiger partial charge is 0.480 e. The fraction of sp³-hybridized carbons (Fsp3) is 0.556. The number of piperazine rings is 1. The number of carboxylic acid groups (broad SMARTS) is 1. The lowest BCUT2D eigenvalue weighted by molar-refractivity contribution is -0.145. The molecule has 1 amide bonds. The molecule has 78 valence electrons. The number of nitrogens with one attached hydrogen (secondary N) is 1. The van der Waals surface area contributed by atoms with Crippen molar-refractivity contribution in [2.24, 2.45) is 0 Å². The fourth-order valence-electron chi connectivity index (χ4n) is 1.37. The van der Waals surface area contributed by atoms with Crippen LogP contribution in [0, 0.1) is 0 Å². The number of carbonyl (C=O) groups is 2. The van der Waals surface area contributed by atoms with Crippen LogP contribution in [-0.4, -0.2) is 47.6 Å². The third-order valence-corrected chi connectivity index (χ3v) is 2.14. The zero-order valence-electron chi connectivity index (χ0n) is 8.06. The predicted octanol–water partition coefficient (Wildman–Crippen LogP) is -0.552. The average Bonchev–Trinajstić information content (AvgIpc) is 2.14. The standard InChI is InChI=1S/C9H14N2O3/c1-2-3-4-11-6-8(12)10-5-7(11)9(13)14/h2-3,7H,4-6H2,1H3,(H,10,12)(H,13,14)/b3-2+. The van der Waals surface area contributed by atoms with E-state index in [1.807, 2.05) is 19.1 Å². The summed E-state index contributed by atoms with van der Waals surface area (Å²) in [5.74, 6) is -1.01. The highest BCUT2D eigenvalue weighted by atomic mass is 16.4. The van der Waals surface area contributed by atoms with Crippen LogP contribution in [0.15, 0.2) is 12.2 Å². The average molecular weight is 198 g/mol. The summed E-state index contributed by atoms with van der Waals surface area (Å²) < 4.78 is 0. The minimum atomic E-state index is -0.894. The molecule has 0 bridgehead atoms. The van der Waals surface area contributed by atoms with E-state index in [1.54, 1.807) is 4.90 Å². The van der Waals surface area contributed by atoms with Gasteiger partial charge in [-0.2, -0.15) is 0 Å². The number of aliphatic carboxylic acids is 1. The second-order valence-electron chi connectivity index (χ2n) is 3.16. The molecule has 0 aromatic carbocycles. The van der Waals surface area contributed by atoms with E-state index < -0.39 is 12.0 Å². The van der Waals surface area contributed by atoms with Crippen molar-refractivity contribution in [2.45, 2.75) is 13.0 Å². The summed E-state index contributed by atoms with van der Waals surface area (Å²) in [6, 6.07) is -0.608. The summed E-state index contributed by atoms with van der Waals surface area (Å²) in [5.41, 5.74) is 0. The van der Waals surface area contributed by atoms with Gasteiger partial charge in [-0.05, 0) is 6.92 Å². The molecule has 1 rings (SSSR count). The van der Waals surface area contributed by atoms with E-state index in [-0.39, 0.29) is 19.0 Å². The van der Waals surface area contributed by atoms with Gasteiger partial charge >= 0.3 is 5.97 Å². The maximum absolute atomic E-state index is 11.0. The number of rotatable bonds is 3. The second kappa shape index (κ2) is 4.76. The van der Waals surface area contributed by atoms with Crippen molar-refractivity contribution in [2.75, 3.05) is 19.6 Å². The summed E-state index contributed by atoms with van der Waals surface area (Å²) in [7, 11) is 0. The van der Waals surface area contributed by atoms with E-state index in [4.69, 9.17) is 5.11 Å². The third-order valence-electron chi connectivity index (χ3n) is 2.14. The van der Waals surface area contributed by atoms with E-state index in [1.165, 1.54) is 0 Å². The van der Waals surface area contributed by atoms with Crippen molar-refractivity contribution < 1.29 is 14.7 Å². The first-order valence-electron chi connectivity index (χ1n) is 4.50. The summed E-state index contributed by atoms with van der Waals surface area (Å²) in [6.45, 7) is 2.70. The van der Waals surface area contributed by atoms with Crippen molar-refractivity contribution in [3.63, 3.8) is 0 Å². The lowest BCUT2D eigenvalue weighted by Gasteiger charge is -2.31. The molecule has 1 fully saturated rings. The van der Waals surface area contributed by atoms with Crippen LogP contribution in [0.3, 0.4) is 0 Å². The lowest BCUT2D eigenvalue weighted by Crippen LogP contribution is -2.57. The number of hydrogen-bond donors (Lipinski definition) is 2. The Morgan fingerprint density at radius 2 is 2.50 bits per heavy atom. The van der Waals surface area contributed by atoms with Gasteiger partial charge in [-0.25, -0.2) is 0 Å². The molecular weight excluding hydrogens is 184 g/mol. The van der Waals surface area contributed by atoms with Crippen molar-refractivity contribution in [3.8, 4) is 0 Å². The zero-order chi connectivity index (χ0) is 10.6. The lowest BCUT2D eigenvalue weighted by atomic mass is 10.2. The minimum absolute atomic E-state index is 0.119. The number of amides is 1. The molecule has 14 heavy (non-hydrogen) atoms. The number of carbonyl (C=O) groups excluding carboxylic acids is 1. The molecule has 1 atom stereocenters. The highest BCUT2D eigenvalue weighted by Gasteiger charge is 2.30. The molecule has 1 aliphatic rings. The first-order valence-corrected chi connectivity index (χ1v) is 4.50. The quantitative estimate of drug-likeness (QED) is 0.597. The number of carboxylic acids is 1. The number of nitrogens with zero attached hydrogens (tertiary/aromatic N) is 1. The Bertz CT molecular complexity index is 263. The van der Waals surface area contributed by atoms with Gasteiger partial charge in [-0.15, -0.1) is 0 Å². The number of allylic oxidation sites excluding steroid dienone is 1. The SMILES string of the molecule is C/C=C/CN1CC(=O)NCC1C(=O)O. The Kier molecular flexibility index (Phi) is 3.64. The monoisotopic (exact) mass is 198 g/mol. The molecule has 2 N–H and O–H groups in total. The molecule has 0 spiro atoms. The van der Waals surface area contributed by atoms with E-state index >= 15 is 0 Å². The molecule has 1 heterocycles. The Hall–Kier alpha value is -1.36. The van der Waals surface area contributed by atoms with Crippen LogP contribution in [0.5, 0.6) is 0 Å². The molecule has 0 radical (unpaired) electrons. The molecule has 1 aliphatic heterocycles. The maximum atomic E-state index is 11.0. The van der Waals surface area contributed by atoms with Crippen molar-refractivity contribution in [1.29, 1.82) is 0 Å². The fourth-order valence-corrected chi connectivity index (χ4v) is 1.37. The van der Waals surface area contributed by atoms with Gasteiger partial charge in [-0.1, -0.05) is 12.2 Å². The van der Waals surface area contributed by atoms with Gasteiger partial charge in [-0.3, -0.25) is 14.5 Å². The summed E-state index contributed by atoms with van der Waals surface area (Å²) in [6.07, 6.45) is 3.68. The van der Waals surface area contributed by atoms with Gasteiger partial charge in [0.15, 0.2) is 0 Å². The van der Waals surface area contributed by atoms with E-state index in [2.05, 4.69) is 5.32 Å². The van der Waals surface area contributed by atoms with E-state index in [0.29, 0.717) is 6.54 Å². The molecule has 1 saturated heterocycles. The smallest absolute Gasteiger partial charge is 0.322 e. The van der Waals surface area contributed by atoms with Crippen LogP contribution in [0.25, 0.3) is 0 Å². The van der Waals surface area contributed by atoms with Gasteiger partial charge in [0.25, 0.3) is 0 Å². The van der Waals surface area contributed by atoms with Crippen molar-refractivity contribution in [1.82, 2.24) is 10.2 Å². The normalized spacial score (nSPS) is 23.8. The molecule has 5 nitrogen and oxygen atoms in total. The summed E-state index contributed by atoms with van der Waals surface area (Å²) in [4.78, 5) is 23.5. The predicted molar refractivity (Wildman–Crippen MR) is 50.8 cm³/mol.